The van der Waals surface area contributed by atoms with Gasteiger partial charge in [0.25, 0.3) is 0 Å². The molecule has 0 aromatic carbocycles. The molecule has 0 fully saturated rings. The van der Waals surface area contributed by atoms with Gasteiger partial charge in [-0.2, -0.15) is 0 Å². The number of primary amides is 2. The quantitative estimate of drug-likeness (QED) is 0.442. The summed E-state index contributed by atoms with van der Waals surface area (Å²) in [6.45, 7) is 2.02. The van der Waals surface area contributed by atoms with E-state index in [2.05, 4.69) is 38.0 Å². The highest BCUT2D eigenvalue weighted by atomic mass is 16.1. The van der Waals surface area contributed by atoms with Gasteiger partial charge >= 0.3 is 0 Å². The Bertz CT molecular complexity index is 354. The molecule has 142 valence electrons. The van der Waals surface area contributed by atoms with Crippen molar-refractivity contribution in [3.8, 4) is 0 Å². The van der Waals surface area contributed by atoms with Crippen LogP contribution < -0.4 is 11.5 Å². The van der Waals surface area contributed by atoms with Gasteiger partial charge in [-0.1, -0.05) is 12.8 Å². The van der Waals surface area contributed by atoms with E-state index in [1.807, 2.05) is 0 Å². The third-order valence-corrected chi connectivity index (χ3v) is 4.62. The Labute approximate surface area is 147 Å². The first kappa shape index (κ1) is 22.9. The van der Waals surface area contributed by atoms with Crippen LogP contribution in [0.15, 0.2) is 0 Å². The molecule has 0 saturated carbocycles. The van der Waals surface area contributed by atoms with Gasteiger partial charge in [-0.3, -0.25) is 9.59 Å². The lowest BCUT2D eigenvalue weighted by Gasteiger charge is -2.31. The molecule has 24 heavy (non-hydrogen) atoms. The minimum absolute atomic E-state index is 0.221. The van der Waals surface area contributed by atoms with Crippen molar-refractivity contribution in [1.29, 1.82) is 0 Å². The van der Waals surface area contributed by atoms with Crippen molar-refractivity contribution in [2.45, 2.75) is 57.8 Å². The molecule has 0 aliphatic heterocycles. The number of hydrogen-bond donors (Lipinski definition) is 2. The van der Waals surface area contributed by atoms with E-state index in [1.54, 1.807) is 0 Å². The molecule has 0 spiro atoms. The Morgan fingerprint density at radius 3 is 1.50 bits per heavy atom. The number of unbranched alkanes of at least 4 members (excludes halogenated alkanes) is 2. The maximum atomic E-state index is 12.2. The zero-order chi connectivity index (χ0) is 18.6. The molecule has 4 N–H and O–H groups in total. The zero-order valence-corrected chi connectivity index (χ0v) is 16.1. The topological polar surface area (TPSA) is 92.7 Å². The maximum Gasteiger partial charge on any atom is 0.223 e. The molecule has 0 radical (unpaired) electrons. The average molecular weight is 343 g/mol. The fourth-order valence-corrected chi connectivity index (χ4v) is 3.13. The van der Waals surface area contributed by atoms with E-state index in [4.69, 9.17) is 11.5 Å². The van der Waals surface area contributed by atoms with Crippen LogP contribution in [0.3, 0.4) is 0 Å². The Hall–Kier alpha value is -1.14. The average Bonchev–Trinajstić information content (AvgIpc) is 2.46. The van der Waals surface area contributed by atoms with E-state index in [0.717, 1.165) is 51.6 Å². The third-order valence-electron chi connectivity index (χ3n) is 4.62. The highest BCUT2D eigenvalue weighted by Gasteiger charge is 2.35. The van der Waals surface area contributed by atoms with Crippen molar-refractivity contribution in [3.63, 3.8) is 0 Å². The van der Waals surface area contributed by atoms with Gasteiger partial charge in [0, 0.05) is 11.8 Å². The van der Waals surface area contributed by atoms with Gasteiger partial charge in [-0.25, -0.2) is 0 Å². The standard InChI is InChI=1S/C18H38N4O2/c1-21(2)14-7-5-11-18(17(20)24,13-9-10-16(19)23)12-6-8-15-22(3)4/h5-15H2,1-4H3,(H2,19,23)(H2,20,24). The lowest BCUT2D eigenvalue weighted by molar-refractivity contribution is -0.129. The SMILES string of the molecule is CN(C)CCCCC(CCCCN(C)C)(CCCC(N)=O)C(N)=O. The maximum absolute atomic E-state index is 12.2. The van der Waals surface area contributed by atoms with Crippen LogP contribution in [-0.4, -0.2) is 62.9 Å². The first-order valence-electron chi connectivity index (χ1n) is 9.07. The highest BCUT2D eigenvalue weighted by Crippen LogP contribution is 2.36. The zero-order valence-electron chi connectivity index (χ0n) is 16.1. The van der Waals surface area contributed by atoms with Crippen molar-refractivity contribution in [2.24, 2.45) is 16.9 Å². The second kappa shape index (κ2) is 12.3. The Morgan fingerprint density at radius 2 is 1.17 bits per heavy atom. The number of nitrogens with zero attached hydrogens (tertiary/aromatic N) is 2. The Morgan fingerprint density at radius 1 is 0.750 bits per heavy atom. The Balaban J connectivity index is 4.69. The molecule has 6 nitrogen and oxygen atoms in total. The number of amides is 2. The predicted molar refractivity (Wildman–Crippen MR) is 99.5 cm³/mol. The summed E-state index contributed by atoms with van der Waals surface area (Å²) in [5.41, 5.74) is 10.5. The molecule has 0 aliphatic rings. The summed E-state index contributed by atoms with van der Waals surface area (Å²) in [5, 5.41) is 0. The van der Waals surface area contributed by atoms with Gasteiger partial charge in [0.1, 0.15) is 0 Å². The van der Waals surface area contributed by atoms with Crippen LogP contribution in [0.4, 0.5) is 0 Å². The normalized spacial score (nSPS) is 12.1. The summed E-state index contributed by atoms with van der Waals surface area (Å²) in [6.07, 6.45) is 7.29. The minimum Gasteiger partial charge on any atom is -0.370 e. The summed E-state index contributed by atoms with van der Waals surface area (Å²) < 4.78 is 0. The predicted octanol–water partition coefficient (Wildman–Crippen LogP) is 1.58. The van der Waals surface area contributed by atoms with Crippen molar-refractivity contribution in [2.75, 3.05) is 41.3 Å². The summed E-state index contributed by atoms with van der Waals surface area (Å²) in [6, 6.07) is 0. The molecule has 6 heteroatoms. The van der Waals surface area contributed by atoms with Crippen LogP contribution >= 0.6 is 0 Å². The number of rotatable bonds is 15. The van der Waals surface area contributed by atoms with Crippen LogP contribution in [0, 0.1) is 5.41 Å². The summed E-state index contributed by atoms with van der Waals surface area (Å²) >= 11 is 0. The molecule has 0 bridgehead atoms. The first-order chi connectivity index (χ1) is 11.2. The first-order valence-corrected chi connectivity index (χ1v) is 9.07. The minimum atomic E-state index is -0.492. The lowest BCUT2D eigenvalue weighted by atomic mass is 9.73. The second-order valence-electron chi connectivity index (χ2n) is 7.49. The van der Waals surface area contributed by atoms with Gasteiger partial charge in [-0.15, -0.1) is 0 Å². The molecule has 0 aromatic heterocycles. The van der Waals surface area contributed by atoms with Crippen LogP contribution in [0.5, 0.6) is 0 Å². The summed E-state index contributed by atoms with van der Waals surface area (Å²) in [5.74, 6) is -0.532. The molecular formula is C18H38N4O2. The van der Waals surface area contributed by atoms with Crippen LogP contribution in [0.1, 0.15) is 57.8 Å². The monoisotopic (exact) mass is 342 g/mol. The van der Waals surface area contributed by atoms with E-state index in [9.17, 15) is 9.59 Å². The van der Waals surface area contributed by atoms with Crippen LogP contribution in [0.2, 0.25) is 0 Å². The van der Waals surface area contributed by atoms with E-state index in [1.165, 1.54) is 0 Å². The molecule has 0 unspecified atom stereocenters. The largest absolute Gasteiger partial charge is 0.370 e. The molecule has 0 heterocycles. The number of carbonyl (C=O) groups excluding carboxylic acids is 2. The van der Waals surface area contributed by atoms with E-state index in [0.29, 0.717) is 19.3 Å². The van der Waals surface area contributed by atoms with Crippen molar-refractivity contribution < 1.29 is 9.59 Å². The second-order valence-corrected chi connectivity index (χ2v) is 7.49. The molecular weight excluding hydrogens is 304 g/mol. The summed E-state index contributed by atoms with van der Waals surface area (Å²) in [7, 11) is 8.20. The fourth-order valence-electron chi connectivity index (χ4n) is 3.13. The number of hydrogen-bond acceptors (Lipinski definition) is 4. The van der Waals surface area contributed by atoms with Crippen molar-refractivity contribution >= 4 is 11.8 Å². The third kappa shape index (κ3) is 10.6. The highest BCUT2D eigenvalue weighted by molar-refractivity contribution is 5.81. The fraction of sp³-hybridized carbons (Fsp3) is 0.889. The molecule has 2 amide bonds. The van der Waals surface area contributed by atoms with Gasteiger partial charge in [0.15, 0.2) is 0 Å². The molecule has 0 aromatic rings. The molecule has 0 aliphatic carbocycles. The van der Waals surface area contributed by atoms with Gasteiger partial charge < -0.3 is 21.3 Å². The lowest BCUT2D eigenvalue weighted by Crippen LogP contribution is -2.38. The molecule has 0 saturated heterocycles. The number of nitrogens with two attached hydrogens (primary N) is 2. The van der Waals surface area contributed by atoms with Crippen molar-refractivity contribution in [3.05, 3.63) is 0 Å². The van der Waals surface area contributed by atoms with Gasteiger partial charge in [0.05, 0.1) is 0 Å². The van der Waals surface area contributed by atoms with Gasteiger partial charge in [-0.05, 0) is 79.8 Å². The Kier molecular flexibility index (Phi) is 11.7. The molecule has 0 rings (SSSR count). The van der Waals surface area contributed by atoms with E-state index in [-0.39, 0.29) is 11.8 Å². The van der Waals surface area contributed by atoms with Gasteiger partial charge in [0.2, 0.25) is 11.8 Å². The van der Waals surface area contributed by atoms with E-state index < -0.39 is 5.41 Å². The van der Waals surface area contributed by atoms with Crippen molar-refractivity contribution in [1.82, 2.24) is 9.80 Å². The summed E-state index contributed by atoms with van der Waals surface area (Å²) in [4.78, 5) is 27.6. The van der Waals surface area contributed by atoms with Crippen LogP contribution in [0.25, 0.3) is 0 Å². The van der Waals surface area contributed by atoms with E-state index >= 15 is 0 Å². The molecule has 0 atom stereocenters. The smallest absolute Gasteiger partial charge is 0.223 e. The van der Waals surface area contributed by atoms with Crippen LogP contribution in [-0.2, 0) is 9.59 Å². The number of carbonyl (C=O) groups is 2.